The number of hydrogen-bond donors (Lipinski definition) is 0. The lowest BCUT2D eigenvalue weighted by Gasteiger charge is -2.18. The van der Waals surface area contributed by atoms with Gasteiger partial charge >= 0.3 is 0 Å². The summed E-state index contributed by atoms with van der Waals surface area (Å²) < 4.78 is 38.3. The second-order valence-electron chi connectivity index (χ2n) is 4.93. The van der Waals surface area contributed by atoms with Crippen LogP contribution in [0.2, 0.25) is 5.02 Å². The van der Waals surface area contributed by atoms with Crippen LogP contribution in [0.4, 0.5) is 4.39 Å². The van der Waals surface area contributed by atoms with Gasteiger partial charge < -0.3 is 0 Å². The lowest BCUT2D eigenvalue weighted by Crippen LogP contribution is -2.25. The summed E-state index contributed by atoms with van der Waals surface area (Å²) in [5, 5.41) is 0.539. The Labute approximate surface area is 132 Å². The summed E-state index contributed by atoms with van der Waals surface area (Å²) in [6, 6.07) is 10.3. The number of benzene rings is 2. The summed E-state index contributed by atoms with van der Waals surface area (Å²) in [4.78, 5) is 11.9. The molecule has 0 spiro atoms. The molecular weight excluding hydrogens is 327 g/mol. The van der Waals surface area contributed by atoms with Gasteiger partial charge in [0.25, 0.3) is 0 Å². The van der Waals surface area contributed by atoms with Crippen LogP contribution in [0.3, 0.4) is 0 Å². The fourth-order valence-electron chi connectivity index (χ4n) is 2.39. The Balaban J connectivity index is 2.14. The fourth-order valence-corrected chi connectivity index (χ4v) is 4.14. The molecule has 1 aliphatic heterocycles. The molecule has 0 aliphatic carbocycles. The summed E-state index contributed by atoms with van der Waals surface area (Å²) in [6.07, 6.45) is 1.49. The van der Waals surface area contributed by atoms with Crippen molar-refractivity contribution in [1.82, 2.24) is 0 Å². The SMILES string of the molecule is O=C1/C(=C/c2ccc(Cl)cc2)CS(=O)(=O)c2c(F)cccc21. The highest BCUT2D eigenvalue weighted by molar-refractivity contribution is 7.91. The van der Waals surface area contributed by atoms with Crippen LogP contribution in [0, 0.1) is 5.82 Å². The number of ketones is 1. The van der Waals surface area contributed by atoms with E-state index >= 15 is 0 Å². The van der Waals surface area contributed by atoms with E-state index in [1.807, 2.05) is 0 Å². The van der Waals surface area contributed by atoms with Crippen LogP contribution in [0.15, 0.2) is 52.9 Å². The van der Waals surface area contributed by atoms with Gasteiger partial charge in [-0.25, -0.2) is 12.8 Å². The van der Waals surface area contributed by atoms with Crippen molar-refractivity contribution in [3.05, 3.63) is 70.0 Å². The smallest absolute Gasteiger partial charge is 0.191 e. The van der Waals surface area contributed by atoms with Crippen LogP contribution in [0.5, 0.6) is 0 Å². The van der Waals surface area contributed by atoms with E-state index in [-0.39, 0.29) is 11.1 Å². The summed E-state index contributed by atoms with van der Waals surface area (Å²) in [5.41, 5.74) is 0.648. The second-order valence-corrected chi connectivity index (χ2v) is 7.29. The Morgan fingerprint density at radius 2 is 1.77 bits per heavy atom. The van der Waals surface area contributed by atoms with E-state index in [1.165, 1.54) is 18.2 Å². The minimum Gasteiger partial charge on any atom is -0.289 e. The van der Waals surface area contributed by atoms with E-state index < -0.39 is 32.1 Å². The maximum Gasteiger partial charge on any atom is 0.191 e. The molecule has 0 amide bonds. The topological polar surface area (TPSA) is 51.2 Å². The molecule has 0 bridgehead atoms. The Hall–Kier alpha value is -1.98. The second kappa shape index (κ2) is 5.34. The van der Waals surface area contributed by atoms with Gasteiger partial charge in [0, 0.05) is 16.2 Å². The van der Waals surface area contributed by atoms with Crippen LogP contribution >= 0.6 is 11.6 Å². The van der Waals surface area contributed by atoms with Crippen molar-refractivity contribution in [1.29, 1.82) is 0 Å². The normalized spacial score (nSPS) is 18.3. The van der Waals surface area contributed by atoms with Gasteiger partial charge in [0.05, 0.1) is 5.75 Å². The first-order valence-electron chi connectivity index (χ1n) is 6.40. The molecule has 0 unspecified atom stereocenters. The maximum absolute atomic E-state index is 13.8. The largest absolute Gasteiger partial charge is 0.289 e. The first-order chi connectivity index (χ1) is 10.4. The molecule has 3 rings (SSSR count). The maximum atomic E-state index is 13.8. The van der Waals surface area contributed by atoms with E-state index in [1.54, 1.807) is 24.3 Å². The van der Waals surface area contributed by atoms with Crippen molar-refractivity contribution in [3.63, 3.8) is 0 Å². The van der Waals surface area contributed by atoms with Gasteiger partial charge in [0.2, 0.25) is 0 Å². The molecule has 2 aromatic carbocycles. The first-order valence-corrected chi connectivity index (χ1v) is 8.43. The Kier molecular flexibility index (Phi) is 3.62. The molecule has 22 heavy (non-hydrogen) atoms. The minimum atomic E-state index is -3.87. The Bertz CT molecular complexity index is 899. The number of carbonyl (C=O) groups is 1. The molecule has 2 aromatic rings. The molecule has 0 aromatic heterocycles. The number of carbonyl (C=O) groups excluding carboxylic acids is 1. The van der Waals surface area contributed by atoms with Gasteiger partial charge in [-0.1, -0.05) is 29.8 Å². The lowest BCUT2D eigenvalue weighted by atomic mass is 10.0. The standard InChI is InChI=1S/C16H10ClFO3S/c17-12-6-4-10(5-7-12)8-11-9-22(20,21)16-13(15(11)19)2-1-3-14(16)18/h1-8H,9H2/b11-8+. The summed E-state index contributed by atoms with van der Waals surface area (Å²) in [7, 11) is -3.87. The van der Waals surface area contributed by atoms with Crippen molar-refractivity contribution in [2.45, 2.75) is 4.90 Å². The van der Waals surface area contributed by atoms with E-state index in [0.29, 0.717) is 10.6 Å². The predicted octanol–water partition coefficient (Wildman–Crippen LogP) is 3.53. The quantitative estimate of drug-likeness (QED) is 0.748. The van der Waals surface area contributed by atoms with E-state index in [0.717, 1.165) is 6.07 Å². The number of Topliss-reactive ketones (excluding diaryl/α,β-unsaturated/α-hetero) is 1. The van der Waals surface area contributed by atoms with Crippen molar-refractivity contribution >= 4 is 33.3 Å². The third-order valence-corrected chi connectivity index (χ3v) is 5.35. The molecule has 6 heteroatoms. The Morgan fingerprint density at radius 3 is 2.45 bits per heavy atom. The van der Waals surface area contributed by atoms with Gasteiger partial charge in [-0.05, 0) is 35.9 Å². The molecule has 0 fully saturated rings. The Morgan fingerprint density at radius 1 is 1.09 bits per heavy atom. The highest BCUT2D eigenvalue weighted by Crippen LogP contribution is 2.31. The molecule has 1 heterocycles. The average molecular weight is 337 g/mol. The molecule has 3 nitrogen and oxygen atoms in total. The molecule has 0 N–H and O–H groups in total. The van der Waals surface area contributed by atoms with E-state index in [2.05, 4.69) is 0 Å². The molecule has 0 atom stereocenters. The first kappa shape index (κ1) is 14.9. The monoisotopic (exact) mass is 336 g/mol. The average Bonchev–Trinajstić information content (AvgIpc) is 2.46. The molecule has 1 aliphatic rings. The van der Waals surface area contributed by atoms with Crippen LogP contribution in [-0.2, 0) is 9.84 Å². The van der Waals surface area contributed by atoms with Crippen molar-refractivity contribution in [2.24, 2.45) is 0 Å². The number of fused-ring (bicyclic) bond motifs is 1. The lowest BCUT2D eigenvalue weighted by molar-refractivity contribution is 0.103. The van der Waals surface area contributed by atoms with Gasteiger partial charge in [0.1, 0.15) is 10.7 Å². The van der Waals surface area contributed by atoms with Crippen LogP contribution in [-0.4, -0.2) is 20.0 Å². The number of halogens is 2. The summed E-state index contributed by atoms with van der Waals surface area (Å²) in [6.45, 7) is 0. The zero-order valence-electron chi connectivity index (χ0n) is 11.2. The fraction of sp³-hybridized carbons (Fsp3) is 0.0625. The molecule has 0 saturated heterocycles. The highest BCUT2D eigenvalue weighted by Gasteiger charge is 2.35. The van der Waals surface area contributed by atoms with Gasteiger partial charge in [0.15, 0.2) is 15.6 Å². The highest BCUT2D eigenvalue weighted by atomic mass is 35.5. The van der Waals surface area contributed by atoms with Crippen LogP contribution in [0.1, 0.15) is 15.9 Å². The van der Waals surface area contributed by atoms with Gasteiger partial charge in [-0.15, -0.1) is 0 Å². The van der Waals surface area contributed by atoms with Crippen LogP contribution < -0.4 is 0 Å². The zero-order valence-corrected chi connectivity index (χ0v) is 12.8. The van der Waals surface area contributed by atoms with Gasteiger partial charge in [-0.2, -0.15) is 0 Å². The third kappa shape index (κ3) is 2.58. The van der Waals surface area contributed by atoms with E-state index in [9.17, 15) is 17.6 Å². The minimum absolute atomic E-state index is 0.112. The van der Waals surface area contributed by atoms with Crippen molar-refractivity contribution in [3.8, 4) is 0 Å². The molecule has 0 radical (unpaired) electrons. The molecule has 112 valence electrons. The zero-order chi connectivity index (χ0) is 15.9. The number of hydrogen-bond acceptors (Lipinski definition) is 3. The number of rotatable bonds is 1. The molecule has 0 saturated carbocycles. The predicted molar refractivity (Wildman–Crippen MR) is 82.2 cm³/mol. The van der Waals surface area contributed by atoms with Crippen molar-refractivity contribution in [2.75, 3.05) is 5.75 Å². The molecular formula is C16H10ClFO3S. The van der Waals surface area contributed by atoms with Gasteiger partial charge in [-0.3, -0.25) is 4.79 Å². The number of sulfone groups is 1. The summed E-state index contributed by atoms with van der Waals surface area (Å²) >= 11 is 5.79. The van der Waals surface area contributed by atoms with Crippen LogP contribution in [0.25, 0.3) is 6.08 Å². The van der Waals surface area contributed by atoms with Crippen molar-refractivity contribution < 1.29 is 17.6 Å². The summed E-state index contributed by atoms with van der Waals surface area (Å²) in [5.74, 6) is -1.88. The van der Waals surface area contributed by atoms with E-state index in [4.69, 9.17) is 11.6 Å². The third-order valence-electron chi connectivity index (χ3n) is 3.37.